The molecule has 2 aliphatic rings. The highest BCUT2D eigenvalue weighted by molar-refractivity contribution is 5.85. The van der Waals surface area contributed by atoms with Crippen molar-refractivity contribution in [2.45, 2.75) is 30.8 Å². The molecule has 0 aromatic rings. The molecule has 1 aliphatic heterocycles. The first-order valence-electron chi connectivity index (χ1n) is 5.98. The largest absolute Gasteiger partial charge is 0.368 e. The van der Waals surface area contributed by atoms with Crippen molar-refractivity contribution in [2.75, 3.05) is 26.2 Å². The van der Waals surface area contributed by atoms with Crippen LogP contribution in [0.1, 0.15) is 19.3 Å². The molecular weight excluding hydrogens is 220 g/mol. The molecule has 0 aromatic heterocycles. The van der Waals surface area contributed by atoms with Crippen molar-refractivity contribution in [3.05, 3.63) is 10.4 Å². The second-order valence-electron chi connectivity index (χ2n) is 4.78. The zero-order valence-electron chi connectivity index (χ0n) is 9.80. The number of hydrogen-bond acceptors (Lipinski definition) is 4. The molecule has 0 bridgehead atoms. The number of primary amides is 1. The SMILES string of the molecule is [N-]=[N+]=NCCNC1(C(N)=O)CCN(C2CC2)C1. The average molecular weight is 238 g/mol. The van der Waals surface area contributed by atoms with Crippen molar-refractivity contribution >= 4 is 5.91 Å². The Hall–Kier alpha value is -1.30. The van der Waals surface area contributed by atoms with Crippen LogP contribution in [0.5, 0.6) is 0 Å². The number of carbonyl (C=O) groups is 1. The van der Waals surface area contributed by atoms with Crippen molar-refractivity contribution in [3.8, 4) is 0 Å². The number of nitrogens with one attached hydrogen (secondary N) is 1. The molecule has 7 heteroatoms. The van der Waals surface area contributed by atoms with Crippen molar-refractivity contribution in [1.29, 1.82) is 0 Å². The molecule has 0 aromatic carbocycles. The molecule has 0 spiro atoms. The van der Waals surface area contributed by atoms with Crippen LogP contribution in [-0.4, -0.2) is 48.6 Å². The minimum atomic E-state index is -0.631. The minimum absolute atomic E-state index is 0.304. The van der Waals surface area contributed by atoms with Crippen molar-refractivity contribution in [1.82, 2.24) is 10.2 Å². The fourth-order valence-corrected chi connectivity index (χ4v) is 2.41. The van der Waals surface area contributed by atoms with Gasteiger partial charge >= 0.3 is 0 Å². The molecule has 1 atom stereocenters. The third-order valence-corrected chi connectivity index (χ3v) is 3.57. The van der Waals surface area contributed by atoms with Crippen molar-refractivity contribution < 1.29 is 4.79 Å². The normalized spacial score (nSPS) is 28.9. The van der Waals surface area contributed by atoms with Gasteiger partial charge in [-0.1, -0.05) is 5.11 Å². The summed E-state index contributed by atoms with van der Waals surface area (Å²) in [5.74, 6) is -0.304. The summed E-state index contributed by atoms with van der Waals surface area (Å²) in [6, 6.07) is 0.648. The molecule has 1 saturated heterocycles. The molecule has 1 heterocycles. The van der Waals surface area contributed by atoms with Gasteiger partial charge in [0.05, 0.1) is 0 Å². The summed E-state index contributed by atoms with van der Waals surface area (Å²) in [5.41, 5.74) is 13.1. The number of hydrogen-bond donors (Lipinski definition) is 2. The predicted octanol–water partition coefficient (Wildman–Crippen LogP) is -0.0215. The highest BCUT2D eigenvalue weighted by atomic mass is 16.1. The van der Waals surface area contributed by atoms with Gasteiger partial charge in [-0.05, 0) is 24.8 Å². The molecule has 3 N–H and O–H groups in total. The van der Waals surface area contributed by atoms with E-state index in [0.29, 0.717) is 25.7 Å². The second-order valence-corrected chi connectivity index (χ2v) is 4.78. The van der Waals surface area contributed by atoms with Crippen LogP contribution in [0, 0.1) is 0 Å². The lowest BCUT2D eigenvalue weighted by molar-refractivity contribution is -0.124. The Labute approximate surface area is 100.0 Å². The maximum atomic E-state index is 11.6. The standard InChI is InChI=1S/C10H18N6O/c11-9(17)10(13-4-5-14-15-12)3-6-16(7-10)8-1-2-8/h8,13H,1-7H2,(H2,11,17). The van der Waals surface area contributed by atoms with E-state index in [-0.39, 0.29) is 5.91 Å². The Morgan fingerprint density at radius 3 is 3.00 bits per heavy atom. The van der Waals surface area contributed by atoms with Crippen LogP contribution in [0.3, 0.4) is 0 Å². The first-order valence-corrected chi connectivity index (χ1v) is 5.98. The fraction of sp³-hybridized carbons (Fsp3) is 0.900. The zero-order chi connectivity index (χ0) is 12.3. The Balaban J connectivity index is 1.91. The van der Waals surface area contributed by atoms with E-state index in [1.165, 1.54) is 12.8 Å². The van der Waals surface area contributed by atoms with E-state index < -0.39 is 5.54 Å². The minimum Gasteiger partial charge on any atom is -0.368 e. The fourth-order valence-electron chi connectivity index (χ4n) is 2.41. The van der Waals surface area contributed by atoms with E-state index in [0.717, 1.165) is 13.0 Å². The number of rotatable bonds is 6. The Bertz CT molecular complexity index is 349. The molecule has 0 radical (unpaired) electrons. The van der Waals surface area contributed by atoms with Crippen LogP contribution >= 0.6 is 0 Å². The van der Waals surface area contributed by atoms with E-state index in [1.54, 1.807) is 0 Å². The van der Waals surface area contributed by atoms with Gasteiger partial charge in [0.2, 0.25) is 5.91 Å². The number of amides is 1. The average Bonchev–Trinajstić information content (AvgIpc) is 3.06. The molecular formula is C10H18N6O. The van der Waals surface area contributed by atoms with Gasteiger partial charge in [-0.25, -0.2) is 0 Å². The molecule has 17 heavy (non-hydrogen) atoms. The summed E-state index contributed by atoms with van der Waals surface area (Å²) in [5, 5.41) is 6.60. The van der Waals surface area contributed by atoms with Crippen LogP contribution in [0.25, 0.3) is 10.4 Å². The summed E-state index contributed by atoms with van der Waals surface area (Å²) in [6.45, 7) is 2.44. The number of likely N-dealkylation sites (tertiary alicyclic amines) is 1. The number of carbonyl (C=O) groups excluding carboxylic acids is 1. The topological polar surface area (TPSA) is 107 Å². The second kappa shape index (κ2) is 4.91. The van der Waals surface area contributed by atoms with Gasteiger partial charge in [-0.2, -0.15) is 0 Å². The highest BCUT2D eigenvalue weighted by Gasteiger charge is 2.46. The molecule has 1 saturated carbocycles. The van der Waals surface area contributed by atoms with Gasteiger partial charge in [0.15, 0.2) is 0 Å². The van der Waals surface area contributed by atoms with Gasteiger partial charge in [0.1, 0.15) is 5.54 Å². The van der Waals surface area contributed by atoms with E-state index in [1.807, 2.05) is 0 Å². The lowest BCUT2D eigenvalue weighted by atomic mass is 9.98. The molecule has 7 nitrogen and oxygen atoms in total. The van der Waals surface area contributed by atoms with E-state index in [2.05, 4.69) is 20.2 Å². The van der Waals surface area contributed by atoms with Crippen LogP contribution < -0.4 is 11.1 Å². The van der Waals surface area contributed by atoms with Gasteiger partial charge in [0, 0.05) is 37.1 Å². The quantitative estimate of drug-likeness (QED) is 0.294. The third kappa shape index (κ3) is 2.69. The van der Waals surface area contributed by atoms with Crippen molar-refractivity contribution in [3.63, 3.8) is 0 Å². The number of nitrogens with two attached hydrogens (primary N) is 1. The molecule has 94 valence electrons. The zero-order valence-corrected chi connectivity index (χ0v) is 9.80. The van der Waals surface area contributed by atoms with Gasteiger partial charge in [0.25, 0.3) is 0 Å². The first kappa shape index (κ1) is 12.2. The first-order chi connectivity index (χ1) is 8.18. The molecule has 1 amide bonds. The molecule has 2 fully saturated rings. The van der Waals surface area contributed by atoms with Gasteiger partial charge in [-0.3, -0.25) is 9.69 Å². The van der Waals surface area contributed by atoms with E-state index >= 15 is 0 Å². The van der Waals surface area contributed by atoms with Crippen LogP contribution in [-0.2, 0) is 4.79 Å². The van der Waals surface area contributed by atoms with Crippen LogP contribution in [0.4, 0.5) is 0 Å². The summed E-state index contributed by atoms with van der Waals surface area (Å²) >= 11 is 0. The highest BCUT2D eigenvalue weighted by Crippen LogP contribution is 2.33. The third-order valence-electron chi connectivity index (χ3n) is 3.57. The maximum absolute atomic E-state index is 11.6. The lowest BCUT2D eigenvalue weighted by Gasteiger charge is -2.27. The summed E-state index contributed by atoms with van der Waals surface area (Å²) < 4.78 is 0. The number of nitrogens with zero attached hydrogens (tertiary/aromatic N) is 4. The summed E-state index contributed by atoms with van der Waals surface area (Å²) in [7, 11) is 0. The Morgan fingerprint density at radius 1 is 1.65 bits per heavy atom. The van der Waals surface area contributed by atoms with Crippen LogP contribution in [0.2, 0.25) is 0 Å². The summed E-state index contributed by atoms with van der Waals surface area (Å²) in [4.78, 5) is 16.6. The van der Waals surface area contributed by atoms with Crippen molar-refractivity contribution in [2.24, 2.45) is 10.8 Å². The molecule has 2 rings (SSSR count). The van der Waals surface area contributed by atoms with Gasteiger partial charge in [-0.15, -0.1) is 0 Å². The number of azide groups is 1. The van der Waals surface area contributed by atoms with E-state index in [9.17, 15) is 4.79 Å². The summed E-state index contributed by atoms with van der Waals surface area (Å²) in [6.07, 6.45) is 3.20. The Morgan fingerprint density at radius 2 is 2.41 bits per heavy atom. The van der Waals surface area contributed by atoms with Gasteiger partial charge < -0.3 is 11.1 Å². The Kier molecular flexibility index (Phi) is 3.51. The molecule has 1 unspecified atom stereocenters. The van der Waals surface area contributed by atoms with Crippen LogP contribution in [0.15, 0.2) is 5.11 Å². The smallest absolute Gasteiger partial charge is 0.239 e. The lowest BCUT2D eigenvalue weighted by Crippen LogP contribution is -2.57. The molecule has 1 aliphatic carbocycles. The maximum Gasteiger partial charge on any atom is 0.239 e. The van der Waals surface area contributed by atoms with E-state index in [4.69, 9.17) is 11.3 Å². The monoisotopic (exact) mass is 238 g/mol. The predicted molar refractivity (Wildman–Crippen MR) is 63.2 cm³/mol.